The number of nitrogens with one attached hydrogen (secondary N) is 1. The number of aromatic amines is 1. The van der Waals surface area contributed by atoms with Gasteiger partial charge in [0.15, 0.2) is 0 Å². The summed E-state index contributed by atoms with van der Waals surface area (Å²) >= 11 is 0. The van der Waals surface area contributed by atoms with Gasteiger partial charge in [0, 0.05) is 23.7 Å². The summed E-state index contributed by atoms with van der Waals surface area (Å²) in [7, 11) is 0. The van der Waals surface area contributed by atoms with Crippen LogP contribution in [0.5, 0.6) is 0 Å². The molecule has 0 saturated carbocycles. The topological polar surface area (TPSA) is 52.6 Å². The quantitative estimate of drug-likeness (QED) is 0.659. The van der Waals surface area contributed by atoms with Crippen molar-refractivity contribution in [2.45, 2.75) is 44.8 Å². The lowest BCUT2D eigenvalue weighted by Crippen LogP contribution is -2.87. The molecule has 0 saturated heterocycles. The highest BCUT2D eigenvalue weighted by Crippen LogP contribution is 2.33. The van der Waals surface area contributed by atoms with E-state index >= 15 is 0 Å². The van der Waals surface area contributed by atoms with Crippen LogP contribution in [0.1, 0.15) is 41.3 Å². The van der Waals surface area contributed by atoms with Gasteiger partial charge in [-0.05, 0) is 43.0 Å². The molecule has 0 spiro atoms. The summed E-state index contributed by atoms with van der Waals surface area (Å²) in [4.78, 5) is 3.65. The Labute approximate surface area is 149 Å². The molecule has 1 aromatic heterocycles. The molecule has 0 fully saturated rings. The lowest BCUT2D eigenvalue weighted by atomic mass is 9.91. The zero-order chi connectivity index (χ0) is 17.2. The number of rotatable bonds is 5. The lowest BCUT2D eigenvalue weighted by molar-refractivity contribution is -0.703. The molecule has 2 aromatic carbocycles. The molecule has 130 valence electrons. The number of hydrogen-bond acceptors (Lipinski definition) is 1. The molecule has 1 heterocycles. The van der Waals surface area contributed by atoms with Crippen LogP contribution >= 0.6 is 0 Å². The third-order valence-corrected chi connectivity index (χ3v) is 5.41. The molecule has 3 nitrogen and oxygen atoms in total. The molecule has 4 rings (SSSR count). The molecule has 1 aliphatic carbocycles. The monoisotopic (exact) mass is 335 g/mol. The molecular formula is C22H27N2O+. The van der Waals surface area contributed by atoms with Gasteiger partial charge in [0.05, 0.1) is 5.69 Å². The molecule has 3 aromatic rings. The lowest BCUT2D eigenvalue weighted by Gasteiger charge is -2.22. The number of nitrogens with two attached hydrogens (primary N) is 1. The van der Waals surface area contributed by atoms with Gasteiger partial charge in [-0.15, -0.1) is 0 Å². The third-order valence-electron chi connectivity index (χ3n) is 5.41. The highest BCUT2D eigenvalue weighted by molar-refractivity contribution is 5.85. The van der Waals surface area contributed by atoms with Crippen molar-refractivity contribution in [1.29, 1.82) is 0 Å². The summed E-state index contributed by atoms with van der Waals surface area (Å²) in [6, 6.07) is 17.4. The van der Waals surface area contributed by atoms with Gasteiger partial charge in [-0.2, -0.15) is 0 Å². The van der Waals surface area contributed by atoms with E-state index in [0.29, 0.717) is 6.04 Å². The van der Waals surface area contributed by atoms with Crippen LogP contribution in [0.4, 0.5) is 0 Å². The maximum absolute atomic E-state index is 10.4. The maximum Gasteiger partial charge on any atom is 0.127 e. The average molecular weight is 335 g/mol. The summed E-state index contributed by atoms with van der Waals surface area (Å²) in [5, 5.41) is 14.1. The van der Waals surface area contributed by atoms with Crippen LogP contribution < -0.4 is 5.32 Å². The summed E-state index contributed by atoms with van der Waals surface area (Å²) in [5.41, 5.74) is 6.63. The number of aromatic nitrogens is 1. The van der Waals surface area contributed by atoms with Crippen LogP contribution in [0.15, 0.2) is 48.5 Å². The number of H-pyrrole nitrogens is 1. The Morgan fingerprint density at radius 1 is 1.20 bits per heavy atom. The molecule has 25 heavy (non-hydrogen) atoms. The molecular weight excluding hydrogens is 308 g/mol. The first-order valence-electron chi connectivity index (χ1n) is 9.37. The zero-order valence-corrected chi connectivity index (χ0v) is 14.8. The average Bonchev–Trinajstić information content (AvgIpc) is 2.99. The number of hydrogen-bond donors (Lipinski definition) is 3. The second-order valence-electron chi connectivity index (χ2n) is 7.38. The summed E-state index contributed by atoms with van der Waals surface area (Å²) < 4.78 is 0. The highest BCUT2D eigenvalue weighted by atomic mass is 16.3. The SMILES string of the molecule is Cc1ccc2[nH]c3c(c2c1)CCC[C@H]3[NH2+]C[C@H](O)Cc1ccccc1. The van der Waals surface area contributed by atoms with Crippen LogP contribution in [-0.4, -0.2) is 22.7 Å². The highest BCUT2D eigenvalue weighted by Gasteiger charge is 2.27. The fourth-order valence-electron chi connectivity index (χ4n) is 4.14. The van der Waals surface area contributed by atoms with Crippen molar-refractivity contribution in [2.24, 2.45) is 0 Å². The third kappa shape index (κ3) is 3.48. The molecule has 0 amide bonds. The number of aliphatic hydroxyl groups excluding tert-OH is 1. The van der Waals surface area contributed by atoms with E-state index in [9.17, 15) is 5.11 Å². The molecule has 0 unspecified atom stereocenters. The molecule has 0 radical (unpaired) electrons. The predicted octanol–water partition coefficient (Wildman–Crippen LogP) is 3.02. The van der Waals surface area contributed by atoms with Crippen molar-refractivity contribution >= 4 is 10.9 Å². The number of benzene rings is 2. The minimum atomic E-state index is -0.306. The predicted molar refractivity (Wildman–Crippen MR) is 102 cm³/mol. The second kappa shape index (κ2) is 7.03. The van der Waals surface area contributed by atoms with Crippen LogP contribution in [0, 0.1) is 6.92 Å². The summed E-state index contributed by atoms with van der Waals surface area (Å²) in [5.74, 6) is 0. The number of aliphatic hydroxyl groups is 1. The first-order chi connectivity index (χ1) is 12.2. The number of quaternary nitrogens is 1. The standard InChI is InChI=1S/C22H26N2O/c1-15-10-11-20-19(12-15)18-8-5-9-21(22(18)24-20)23-14-17(25)13-16-6-3-2-4-7-16/h2-4,6-7,10-12,17,21,23-25H,5,8-9,13-14H2,1H3/p+1/t17-,21-/m1/s1. The minimum Gasteiger partial charge on any atom is -0.387 e. The van der Waals surface area contributed by atoms with E-state index in [-0.39, 0.29) is 6.10 Å². The van der Waals surface area contributed by atoms with Gasteiger partial charge in [0.2, 0.25) is 0 Å². The molecule has 2 atom stereocenters. The van der Waals surface area contributed by atoms with Crippen LogP contribution in [0.2, 0.25) is 0 Å². The normalized spacial score (nSPS) is 18.2. The summed E-state index contributed by atoms with van der Waals surface area (Å²) in [6.07, 6.45) is 3.98. The van der Waals surface area contributed by atoms with E-state index in [1.807, 2.05) is 18.2 Å². The van der Waals surface area contributed by atoms with Crippen molar-refractivity contribution in [1.82, 2.24) is 4.98 Å². The van der Waals surface area contributed by atoms with Crippen molar-refractivity contribution in [3.63, 3.8) is 0 Å². The van der Waals surface area contributed by atoms with Crippen molar-refractivity contribution in [3.05, 3.63) is 70.9 Å². The van der Waals surface area contributed by atoms with Crippen LogP contribution in [0.3, 0.4) is 0 Å². The van der Waals surface area contributed by atoms with Gasteiger partial charge in [-0.25, -0.2) is 0 Å². The first kappa shape index (κ1) is 16.4. The fourth-order valence-corrected chi connectivity index (χ4v) is 4.14. The van der Waals surface area contributed by atoms with Crippen LogP contribution in [0.25, 0.3) is 10.9 Å². The van der Waals surface area contributed by atoms with E-state index in [4.69, 9.17) is 0 Å². The Kier molecular flexibility index (Phi) is 4.60. The molecule has 4 N–H and O–H groups in total. The Hall–Kier alpha value is -2.10. The molecule has 0 bridgehead atoms. The van der Waals surface area contributed by atoms with E-state index in [0.717, 1.165) is 19.4 Å². The van der Waals surface area contributed by atoms with E-state index < -0.39 is 0 Å². The van der Waals surface area contributed by atoms with E-state index in [1.54, 1.807) is 0 Å². The van der Waals surface area contributed by atoms with Gasteiger partial charge in [-0.3, -0.25) is 0 Å². The largest absolute Gasteiger partial charge is 0.387 e. The molecule has 1 aliphatic rings. The zero-order valence-electron chi connectivity index (χ0n) is 14.8. The second-order valence-corrected chi connectivity index (χ2v) is 7.38. The Morgan fingerprint density at radius 2 is 2.04 bits per heavy atom. The van der Waals surface area contributed by atoms with Gasteiger partial charge in [-0.1, -0.05) is 42.0 Å². The van der Waals surface area contributed by atoms with Gasteiger partial charge in [0.25, 0.3) is 0 Å². The van der Waals surface area contributed by atoms with Crippen molar-refractivity contribution < 1.29 is 10.4 Å². The van der Waals surface area contributed by atoms with Gasteiger partial charge < -0.3 is 15.4 Å². The Balaban J connectivity index is 1.47. The molecule has 0 aliphatic heterocycles. The number of fused-ring (bicyclic) bond motifs is 3. The van der Waals surface area contributed by atoms with E-state index in [1.165, 1.54) is 46.1 Å². The smallest absolute Gasteiger partial charge is 0.127 e. The number of aryl methyl sites for hydroxylation is 2. The maximum atomic E-state index is 10.4. The minimum absolute atomic E-state index is 0.306. The van der Waals surface area contributed by atoms with Crippen molar-refractivity contribution in [2.75, 3.05) is 6.54 Å². The van der Waals surface area contributed by atoms with Gasteiger partial charge >= 0.3 is 0 Å². The van der Waals surface area contributed by atoms with Gasteiger partial charge in [0.1, 0.15) is 18.7 Å². The first-order valence-corrected chi connectivity index (χ1v) is 9.37. The van der Waals surface area contributed by atoms with Crippen LogP contribution in [-0.2, 0) is 12.8 Å². The Bertz CT molecular complexity index is 853. The Morgan fingerprint density at radius 3 is 2.88 bits per heavy atom. The van der Waals surface area contributed by atoms with Crippen molar-refractivity contribution in [3.8, 4) is 0 Å². The van der Waals surface area contributed by atoms with E-state index in [2.05, 4.69) is 47.6 Å². The molecule has 3 heteroatoms. The fraction of sp³-hybridized carbons (Fsp3) is 0.364. The summed E-state index contributed by atoms with van der Waals surface area (Å²) in [6.45, 7) is 2.90.